The molecule has 1 amide bonds. The first-order chi connectivity index (χ1) is 11.8. The van der Waals surface area contributed by atoms with Crippen LogP contribution in [0.15, 0.2) is 60.8 Å². The van der Waals surface area contributed by atoms with Crippen molar-refractivity contribution < 1.29 is 9.53 Å². The zero-order valence-corrected chi connectivity index (χ0v) is 13.7. The van der Waals surface area contributed by atoms with Crippen molar-refractivity contribution in [2.45, 2.75) is 19.3 Å². The summed E-state index contributed by atoms with van der Waals surface area (Å²) in [6, 6.07) is 17.7. The molecule has 4 heteroatoms. The first-order valence-corrected chi connectivity index (χ1v) is 8.03. The van der Waals surface area contributed by atoms with Crippen LogP contribution in [0.4, 0.5) is 5.69 Å². The van der Waals surface area contributed by atoms with Gasteiger partial charge in [-0.05, 0) is 30.5 Å². The molecule has 0 saturated heterocycles. The highest BCUT2D eigenvalue weighted by molar-refractivity contribution is 6.01. The molecule has 0 atom stereocenters. The molecular weight excluding hydrogens is 300 g/mol. The number of nitrogens with zero attached hydrogens (tertiary/aromatic N) is 1. The quantitative estimate of drug-likeness (QED) is 0.740. The molecule has 0 aliphatic carbocycles. The molecule has 1 heterocycles. The highest BCUT2D eigenvalue weighted by atomic mass is 16.5. The van der Waals surface area contributed by atoms with Crippen molar-refractivity contribution in [2.75, 3.05) is 12.4 Å². The largest absolute Gasteiger partial charge is 0.497 e. The molecule has 0 aliphatic rings. The molecule has 2 aromatic carbocycles. The summed E-state index contributed by atoms with van der Waals surface area (Å²) in [5.74, 6) is 0.696. The molecule has 0 saturated carbocycles. The molecule has 3 aromatic rings. The van der Waals surface area contributed by atoms with Crippen molar-refractivity contribution in [1.82, 2.24) is 4.98 Å². The third-order valence-corrected chi connectivity index (χ3v) is 3.90. The Kier molecular flexibility index (Phi) is 5.06. The number of aryl methyl sites for hydroxylation is 1. The van der Waals surface area contributed by atoms with Crippen LogP contribution in [-0.2, 0) is 11.2 Å². The van der Waals surface area contributed by atoms with Gasteiger partial charge < -0.3 is 10.1 Å². The summed E-state index contributed by atoms with van der Waals surface area (Å²) >= 11 is 0. The molecule has 122 valence electrons. The lowest BCUT2D eigenvalue weighted by molar-refractivity contribution is -0.116. The molecular formula is C20H20N2O2. The van der Waals surface area contributed by atoms with E-state index in [1.165, 1.54) is 5.56 Å². The number of ether oxygens (including phenoxy) is 1. The molecule has 0 spiro atoms. The normalized spacial score (nSPS) is 10.5. The Bertz CT molecular complexity index is 831. The first kappa shape index (κ1) is 16.0. The molecule has 24 heavy (non-hydrogen) atoms. The number of methoxy groups -OCH3 is 1. The topological polar surface area (TPSA) is 51.2 Å². The number of hydrogen-bond acceptors (Lipinski definition) is 3. The van der Waals surface area contributed by atoms with Crippen LogP contribution in [0.1, 0.15) is 18.4 Å². The second-order valence-electron chi connectivity index (χ2n) is 5.64. The van der Waals surface area contributed by atoms with E-state index in [1.807, 2.05) is 42.5 Å². The Morgan fingerprint density at radius 3 is 2.75 bits per heavy atom. The van der Waals surface area contributed by atoms with Gasteiger partial charge in [-0.3, -0.25) is 9.78 Å². The third-order valence-electron chi connectivity index (χ3n) is 3.90. The Balaban J connectivity index is 1.66. The lowest BCUT2D eigenvalue weighted by Crippen LogP contribution is -2.12. The third kappa shape index (κ3) is 3.90. The Morgan fingerprint density at radius 2 is 1.96 bits per heavy atom. The smallest absolute Gasteiger partial charge is 0.224 e. The average Bonchev–Trinajstić information content (AvgIpc) is 2.62. The SMILES string of the molecule is COc1cc(NC(=O)CCCc2ccccc2)c2ncccc2c1. The number of fused-ring (bicyclic) bond motifs is 1. The lowest BCUT2D eigenvalue weighted by atomic mass is 10.1. The minimum Gasteiger partial charge on any atom is -0.497 e. The maximum atomic E-state index is 12.3. The van der Waals surface area contributed by atoms with E-state index in [1.54, 1.807) is 13.3 Å². The van der Waals surface area contributed by atoms with Crippen LogP contribution in [0.3, 0.4) is 0 Å². The summed E-state index contributed by atoms with van der Waals surface area (Å²) < 4.78 is 5.30. The number of anilines is 1. The monoisotopic (exact) mass is 320 g/mol. The fourth-order valence-corrected chi connectivity index (χ4v) is 2.69. The van der Waals surface area contributed by atoms with Crippen molar-refractivity contribution in [3.8, 4) is 5.75 Å². The highest BCUT2D eigenvalue weighted by Gasteiger charge is 2.09. The average molecular weight is 320 g/mol. The van der Waals surface area contributed by atoms with E-state index < -0.39 is 0 Å². The van der Waals surface area contributed by atoms with Gasteiger partial charge in [-0.15, -0.1) is 0 Å². The molecule has 0 unspecified atom stereocenters. The number of carbonyl (C=O) groups excluding carboxylic acids is 1. The van der Waals surface area contributed by atoms with Gasteiger partial charge in [-0.25, -0.2) is 0 Å². The van der Waals surface area contributed by atoms with Gasteiger partial charge in [0.15, 0.2) is 0 Å². The summed E-state index contributed by atoms with van der Waals surface area (Å²) in [6.45, 7) is 0. The maximum absolute atomic E-state index is 12.3. The van der Waals surface area contributed by atoms with Crippen LogP contribution < -0.4 is 10.1 Å². The van der Waals surface area contributed by atoms with Gasteiger partial charge in [0.25, 0.3) is 0 Å². The molecule has 1 N–H and O–H groups in total. The number of nitrogens with one attached hydrogen (secondary N) is 1. The van der Waals surface area contributed by atoms with Crippen LogP contribution in [0, 0.1) is 0 Å². The van der Waals surface area contributed by atoms with Crippen LogP contribution in [0.5, 0.6) is 5.75 Å². The fourth-order valence-electron chi connectivity index (χ4n) is 2.69. The summed E-state index contributed by atoms with van der Waals surface area (Å²) in [6.07, 6.45) is 3.90. The minimum absolute atomic E-state index is 0.00821. The second kappa shape index (κ2) is 7.59. The van der Waals surface area contributed by atoms with Crippen molar-refractivity contribution in [1.29, 1.82) is 0 Å². The summed E-state index contributed by atoms with van der Waals surface area (Å²) in [5.41, 5.74) is 2.71. The number of aromatic nitrogens is 1. The van der Waals surface area contributed by atoms with E-state index in [0.717, 1.165) is 23.7 Å². The molecule has 0 aliphatic heterocycles. The first-order valence-electron chi connectivity index (χ1n) is 8.03. The molecule has 0 fully saturated rings. The van der Waals surface area contributed by atoms with Crippen LogP contribution in [0.25, 0.3) is 10.9 Å². The van der Waals surface area contributed by atoms with Gasteiger partial charge in [0.2, 0.25) is 5.91 Å². The van der Waals surface area contributed by atoms with Crippen molar-refractivity contribution >= 4 is 22.5 Å². The van der Waals surface area contributed by atoms with Gasteiger partial charge in [0, 0.05) is 24.1 Å². The van der Waals surface area contributed by atoms with E-state index in [4.69, 9.17) is 4.74 Å². The van der Waals surface area contributed by atoms with Crippen LogP contribution >= 0.6 is 0 Å². The van der Waals surface area contributed by atoms with E-state index in [9.17, 15) is 4.79 Å². The number of carbonyl (C=O) groups is 1. The number of amides is 1. The zero-order valence-electron chi connectivity index (χ0n) is 13.7. The summed E-state index contributed by atoms with van der Waals surface area (Å²) in [5, 5.41) is 3.91. The van der Waals surface area contributed by atoms with Gasteiger partial charge in [-0.2, -0.15) is 0 Å². The van der Waals surface area contributed by atoms with Crippen molar-refractivity contribution in [3.05, 3.63) is 66.4 Å². The Hall–Kier alpha value is -2.88. The maximum Gasteiger partial charge on any atom is 0.224 e. The molecule has 1 aromatic heterocycles. The van der Waals surface area contributed by atoms with Gasteiger partial charge >= 0.3 is 0 Å². The van der Waals surface area contributed by atoms with E-state index in [0.29, 0.717) is 17.9 Å². The van der Waals surface area contributed by atoms with E-state index in [-0.39, 0.29) is 5.91 Å². The zero-order chi connectivity index (χ0) is 16.8. The van der Waals surface area contributed by atoms with Crippen molar-refractivity contribution in [2.24, 2.45) is 0 Å². The number of hydrogen-bond donors (Lipinski definition) is 1. The fraction of sp³-hybridized carbons (Fsp3) is 0.200. The van der Waals surface area contributed by atoms with Gasteiger partial charge in [-0.1, -0.05) is 36.4 Å². The Morgan fingerprint density at radius 1 is 1.12 bits per heavy atom. The van der Waals surface area contributed by atoms with Crippen LogP contribution in [-0.4, -0.2) is 18.0 Å². The number of benzene rings is 2. The van der Waals surface area contributed by atoms with Crippen molar-refractivity contribution in [3.63, 3.8) is 0 Å². The summed E-state index contributed by atoms with van der Waals surface area (Å²) in [7, 11) is 1.61. The van der Waals surface area contributed by atoms with Crippen LogP contribution in [0.2, 0.25) is 0 Å². The summed E-state index contributed by atoms with van der Waals surface area (Å²) in [4.78, 5) is 16.6. The molecule has 3 rings (SSSR count). The molecule has 4 nitrogen and oxygen atoms in total. The highest BCUT2D eigenvalue weighted by Crippen LogP contribution is 2.27. The molecule has 0 bridgehead atoms. The number of rotatable bonds is 6. The standard InChI is InChI=1S/C20H20N2O2/c1-24-17-13-16-10-6-12-21-20(16)18(14-17)22-19(23)11-5-9-15-7-3-2-4-8-15/h2-4,6-8,10,12-14H,5,9,11H2,1H3,(H,22,23). The molecule has 0 radical (unpaired) electrons. The lowest BCUT2D eigenvalue weighted by Gasteiger charge is -2.10. The van der Waals surface area contributed by atoms with Gasteiger partial charge in [0.05, 0.1) is 18.3 Å². The number of pyridine rings is 1. The second-order valence-corrected chi connectivity index (χ2v) is 5.64. The van der Waals surface area contributed by atoms with E-state index in [2.05, 4.69) is 22.4 Å². The minimum atomic E-state index is -0.00821. The van der Waals surface area contributed by atoms with Gasteiger partial charge in [0.1, 0.15) is 5.75 Å². The predicted octanol–water partition coefficient (Wildman–Crippen LogP) is 4.20. The van der Waals surface area contributed by atoms with E-state index >= 15 is 0 Å². The predicted molar refractivity (Wildman–Crippen MR) is 96.3 cm³/mol. The Labute approximate surface area is 141 Å².